The van der Waals surface area contributed by atoms with E-state index in [1.54, 1.807) is 24.3 Å². The van der Waals surface area contributed by atoms with E-state index >= 15 is 0 Å². The highest BCUT2D eigenvalue weighted by molar-refractivity contribution is 6.30. The number of amides is 2. The number of benzene rings is 2. The molecular formula is C27H34ClN3O2. The normalized spacial score (nSPS) is 18.5. The SMILES string of the molecule is CC(C)c1ccc(NC(=O)[C@H](C2CCCC2)N2CCN(C(=O)c3ccc(Cl)cc3)CC2)cc1. The van der Waals surface area contributed by atoms with Crippen LogP contribution in [-0.2, 0) is 4.79 Å². The van der Waals surface area contributed by atoms with Crippen LogP contribution in [-0.4, -0.2) is 53.8 Å². The molecule has 2 aromatic carbocycles. The Morgan fingerprint density at radius 3 is 2.09 bits per heavy atom. The fraction of sp³-hybridized carbons (Fsp3) is 0.481. The first kappa shape index (κ1) is 23.8. The Bertz CT molecular complexity index is 944. The lowest BCUT2D eigenvalue weighted by Crippen LogP contribution is -2.56. The number of carbonyl (C=O) groups excluding carboxylic acids is 2. The Hall–Kier alpha value is -2.37. The maximum atomic E-state index is 13.4. The van der Waals surface area contributed by atoms with Crippen LogP contribution in [0.5, 0.6) is 0 Å². The Morgan fingerprint density at radius 1 is 0.909 bits per heavy atom. The van der Waals surface area contributed by atoms with Gasteiger partial charge >= 0.3 is 0 Å². The standard InChI is InChI=1S/C27H34ClN3O2/c1-19(2)20-9-13-24(14-10-20)29-26(32)25(21-5-3-4-6-21)30-15-17-31(18-16-30)27(33)22-7-11-23(28)12-8-22/h7-14,19,21,25H,3-6,15-18H2,1-2H3,(H,29,32)/t25-/m0/s1. The number of hydrogen-bond acceptors (Lipinski definition) is 3. The summed E-state index contributed by atoms with van der Waals surface area (Å²) in [6.07, 6.45) is 4.56. The van der Waals surface area contributed by atoms with Crippen molar-refractivity contribution in [3.8, 4) is 0 Å². The lowest BCUT2D eigenvalue weighted by Gasteiger charge is -2.40. The van der Waals surface area contributed by atoms with Gasteiger partial charge in [0.15, 0.2) is 0 Å². The molecule has 2 fully saturated rings. The summed E-state index contributed by atoms with van der Waals surface area (Å²) in [5, 5.41) is 3.80. The third-order valence-electron chi connectivity index (χ3n) is 7.05. The predicted octanol–water partition coefficient (Wildman–Crippen LogP) is 5.42. The summed E-state index contributed by atoms with van der Waals surface area (Å²) in [4.78, 5) is 30.5. The molecule has 1 aliphatic heterocycles. The highest BCUT2D eigenvalue weighted by atomic mass is 35.5. The third kappa shape index (κ3) is 5.77. The van der Waals surface area contributed by atoms with Crippen molar-refractivity contribution in [1.82, 2.24) is 9.80 Å². The Balaban J connectivity index is 1.41. The Kier molecular flexibility index (Phi) is 7.71. The van der Waals surface area contributed by atoms with Gasteiger partial charge in [0.1, 0.15) is 0 Å². The number of piperazine rings is 1. The molecule has 2 aromatic rings. The summed E-state index contributed by atoms with van der Waals surface area (Å²) in [6, 6.07) is 15.1. The van der Waals surface area contributed by atoms with Gasteiger partial charge in [-0.05, 0) is 66.6 Å². The van der Waals surface area contributed by atoms with Crippen LogP contribution in [0.1, 0.15) is 61.4 Å². The summed E-state index contributed by atoms with van der Waals surface area (Å²) in [5.74, 6) is 0.946. The van der Waals surface area contributed by atoms with E-state index in [2.05, 4.69) is 36.2 Å². The second kappa shape index (κ2) is 10.7. The largest absolute Gasteiger partial charge is 0.336 e. The van der Waals surface area contributed by atoms with Crippen LogP contribution in [0.2, 0.25) is 5.02 Å². The summed E-state index contributed by atoms with van der Waals surface area (Å²) in [6.45, 7) is 7.00. The van der Waals surface area contributed by atoms with Crippen LogP contribution in [0.4, 0.5) is 5.69 Å². The predicted molar refractivity (Wildman–Crippen MR) is 134 cm³/mol. The van der Waals surface area contributed by atoms with Gasteiger partial charge in [0.2, 0.25) is 5.91 Å². The van der Waals surface area contributed by atoms with Gasteiger partial charge in [-0.1, -0.05) is 50.4 Å². The Morgan fingerprint density at radius 2 is 1.52 bits per heavy atom. The van der Waals surface area contributed by atoms with Crippen molar-refractivity contribution in [3.63, 3.8) is 0 Å². The molecule has 0 spiro atoms. The zero-order valence-corrected chi connectivity index (χ0v) is 20.4. The van der Waals surface area contributed by atoms with Crippen molar-refractivity contribution in [2.24, 2.45) is 5.92 Å². The van der Waals surface area contributed by atoms with Crippen LogP contribution in [0, 0.1) is 5.92 Å². The van der Waals surface area contributed by atoms with E-state index in [-0.39, 0.29) is 17.9 Å². The molecule has 0 bridgehead atoms. The molecule has 0 radical (unpaired) electrons. The molecule has 0 aromatic heterocycles. The number of halogens is 1. The van der Waals surface area contributed by atoms with Gasteiger partial charge in [-0.25, -0.2) is 0 Å². The molecule has 1 atom stereocenters. The van der Waals surface area contributed by atoms with Gasteiger partial charge in [0.25, 0.3) is 5.91 Å². The molecule has 6 heteroatoms. The van der Waals surface area contributed by atoms with Gasteiger partial charge in [0.05, 0.1) is 6.04 Å². The molecule has 1 N–H and O–H groups in total. The lowest BCUT2D eigenvalue weighted by atomic mass is 9.94. The zero-order valence-electron chi connectivity index (χ0n) is 19.6. The fourth-order valence-electron chi connectivity index (χ4n) is 5.10. The topological polar surface area (TPSA) is 52.7 Å². The summed E-state index contributed by atoms with van der Waals surface area (Å²) < 4.78 is 0. The van der Waals surface area contributed by atoms with Crippen molar-refractivity contribution in [1.29, 1.82) is 0 Å². The molecule has 33 heavy (non-hydrogen) atoms. The van der Waals surface area contributed by atoms with E-state index in [4.69, 9.17) is 11.6 Å². The van der Waals surface area contributed by atoms with Crippen molar-refractivity contribution < 1.29 is 9.59 Å². The number of anilines is 1. The van der Waals surface area contributed by atoms with Crippen LogP contribution in [0.15, 0.2) is 48.5 Å². The molecule has 2 aliphatic rings. The quantitative estimate of drug-likeness (QED) is 0.617. The van der Waals surface area contributed by atoms with E-state index < -0.39 is 0 Å². The Labute approximate surface area is 202 Å². The first-order chi connectivity index (χ1) is 15.9. The summed E-state index contributed by atoms with van der Waals surface area (Å²) in [7, 11) is 0. The highest BCUT2D eigenvalue weighted by Gasteiger charge is 2.37. The minimum absolute atomic E-state index is 0.0263. The molecule has 1 saturated heterocycles. The second-order valence-corrected chi connectivity index (χ2v) is 10.0. The number of nitrogens with one attached hydrogen (secondary N) is 1. The molecule has 0 unspecified atom stereocenters. The minimum Gasteiger partial charge on any atom is -0.336 e. The molecule has 1 aliphatic carbocycles. The smallest absolute Gasteiger partial charge is 0.253 e. The van der Waals surface area contributed by atoms with E-state index in [1.165, 1.54) is 18.4 Å². The molecule has 2 amide bonds. The van der Waals surface area contributed by atoms with Crippen molar-refractivity contribution in [2.45, 2.75) is 51.5 Å². The van der Waals surface area contributed by atoms with Crippen molar-refractivity contribution in [2.75, 3.05) is 31.5 Å². The average Bonchev–Trinajstić information content (AvgIpc) is 3.34. The number of nitrogens with zero attached hydrogens (tertiary/aromatic N) is 2. The maximum absolute atomic E-state index is 13.4. The molecule has 1 saturated carbocycles. The average molecular weight is 468 g/mol. The van der Waals surface area contributed by atoms with Crippen molar-refractivity contribution >= 4 is 29.1 Å². The number of hydrogen-bond donors (Lipinski definition) is 1. The third-order valence-corrected chi connectivity index (χ3v) is 7.30. The van der Waals surface area contributed by atoms with Gasteiger partial charge in [-0.3, -0.25) is 14.5 Å². The summed E-state index contributed by atoms with van der Waals surface area (Å²) in [5.41, 5.74) is 2.77. The minimum atomic E-state index is -0.148. The van der Waals surface area contributed by atoms with Gasteiger partial charge in [-0.15, -0.1) is 0 Å². The second-order valence-electron chi connectivity index (χ2n) is 9.59. The van der Waals surface area contributed by atoms with E-state index in [1.807, 2.05) is 17.0 Å². The first-order valence-electron chi connectivity index (χ1n) is 12.1. The number of carbonyl (C=O) groups is 2. The fourth-order valence-corrected chi connectivity index (χ4v) is 5.22. The van der Waals surface area contributed by atoms with Crippen LogP contribution < -0.4 is 5.32 Å². The van der Waals surface area contributed by atoms with E-state index in [0.717, 1.165) is 18.5 Å². The van der Waals surface area contributed by atoms with Gasteiger partial charge in [0, 0.05) is 42.5 Å². The highest BCUT2D eigenvalue weighted by Crippen LogP contribution is 2.32. The van der Waals surface area contributed by atoms with Crippen LogP contribution >= 0.6 is 11.6 Å². The molecule has 176 valence electrons. The van der Waals surface area contributed by atoms with Crippen LogP contribution in [0.3, 0.4) is 0 Å². The lowest BCUT2D eigenvalue weighted by molar-refractivity contribution is -0.123. The van der Waals surface area contributed by atoms with E-state index in [9.17, 15) is 9.59 Å². The van der Waals surface area contributed by atoms with Gasteiger partial charge in [-0.2, -0.15) is 0 Å². The monoisotopic (exact) mass is 467 g/mol. The zero-order chi connectivity index (χ0) is 23.4. The molecular weight excluding hydrogens is 434 g/mol. The maximum Gasteiger partial charge on any atom is 0.253 e. The summed E-state index contributed by atoms with van der Waals surface area (Å²) >= 11 is 5.96. The van der Waals surface area contributed by atoms with E-state index in [0.29, 0.717) is 48.6 Å². The molecule has 1 heterocycles. The first-order valence-corrected chi connectivity index (χ1v) is 12.5. The van der Waals surface area contributed by atoms with Gasteiger partial charge < -0.3 is 10.2 Å². The molecule has 5 nitrogen and oxygen atoms in total. The van der Waals surface area contributed by atoms with Crippen LogP contribution in [0.25, 0.3) is 0 Å². The van der Waals surface area contributed by atoms with Crippen molar-refractivity contribution in [3.05, 3.63) is 64.7 Å². The molecule has 4 rings (SSSR count). The number of rotatable bonds is 6.